The molecule has 0 amide bonds. The van der Waals surface area contributed by atoms with Crippen LogP contribution in [0.5, 0.6) is 0 Å². The van der Waals surface area contributed by atoms with Gasteiger partial charge in [0.05, 0.1) is 19.8 Å². The molecule has 1 unspecified atom stereocenters. The molecular weight excluding hydrogens is 230 g/mol. The van der Waals surface area contributed by atoms with Crippen molar-refractivity contribution in [3.8, 4) is 0 Å². The zero-order valence-corrected chi connectivity index (χ0v) is 10.5. The van der Waals surface area contributed by atoms with Crippen molar-refractivity contribution in [2.45, 2.75) is 38.2 Å². The van der Waals surface area contributed by atoms with Crippen LogP contribution in [0.15, 0.2) is 0 Å². The quantitative estimate of drug-likeness (QED) is 0.762. The van der Waals surface area contributed by atoms with Crippen LogP contribution in [0.25, 0.3) is 0 Å². The first-order chi connectivity index (χ1) is 8.84. The Morgan fingerprint density at radius 2 is 1.94 bits per heavy atom. The SMILES string of the molecule is Nc1nc(C2COCCO2)nc2c1CCCCC2. The number of nitrogens with two attached hydrogens (primary N) is 1. The van der Waals surface area contributed by atoms with Gasteiger partial charge in [0.1, 0.15) is 11.9 Å². The van der Waals surface area contributed by atoms with Gasteiger partial charge in [-0.15, -0.1) is 0 Å². The van der Waals surface area contributed by atoms with E-state index in [-0.39, 0.29) is 6.10 Å². The molecule has 98 valence electrons. The van der Waals surface area contributed by atoms with Crippen LogP contribution in [0, 0.1) is 0 Å². The van der Waals surface area contributed by atoms with Gasteiger partial charge in [0.15, 0.2) is 5.82 Å². The average molecular weight is 249 g/mol. The number of hydrogen-bond donors (Lipinski definition) is 1. The van der Waals surface area contributed by atoms with Crippen LogP contribution < -0.4 is 5.73 Å². The smallest absolute Gasteiger partial charge is 0.162 e. The molecule has 2 aliphatic rings. The Kier molecular flexibility index (Phi) is 3.43. The van der Waals surface area contributed by atoms with Crippen LogP contribution >= 0.6 is 0 Å². The molecule has 0 bridgehead atoms. The standard InChI is InChI=1S/C13H19N3O2/c14-12-9-4-2-1-3-5-10(9)15-13(16-12)11-8-17-6-7-18-11/h11H,1-8H2,(H2,14,15,16). The van der Waals surface area contributed by atoms with Gasteiger partial charge >= 0.3 is 0 Å². The number of aryl methyl sites for hydroxylation is 1. The van der Waals surface area contributed by atoms with Crippen molar-refractivity contribution >= 4 is 5.82 Å². The number of anilines is 1. The van der Waals surface area contributed by atoms with Crippen molar-refractivity contribution in [2.24, 2.45) is 0 Å². The van der Waals surface area contributed by atoms with Crippen LogP contribution in [-0.4, -0.2) is 29.8 Å². The third kappa shape index (κ3) is 2.33. The van der Waals surface area contributed by atoms with E-state index in [1.807, 2.05) is 0 Å². The molecule has 1 fully saturated rings. The predicted molar refractivity (Wildman–Crippen MR) is 67.2 cm³/mol. The first-order valence-electron chi connectivity index (χ1n) is 6.69. The molecule has 2 N–H and O–H groups in total. The molecule has 2 heterocycles. The zero-order chi connectivity index (χ0) is 12.4. The number of aromatic nitrogens is 2. The van der Waals surface area contributed by atoms with Gasteiger partial charge < -0.3 is 15.2 Å². The van der Waals surface area contributed by atoms with Gasteiger partial charge in [0.25, 0.3) is 0 Å². The summed E-state index contributed by atoms with van der Waals surface area (Å²) in [6.45, 7) is 1.78. The number of fused-ring (bicyclic) bond motifs is 1. The Labute approximate surface area is 107 Å². The summed E-state index contributed by atoms with van der Waals surface area (Å²) in [7, 11) is 0. The maximum absolute atomic E-state index is 6.07. The lowest BCUT2D eigenvalue weighted by atomic mass is 10.1. The van der Waals surface area contributed by atoms with Crippen LogP contribution in [0.3, 0.4) is 0 Å². The van der Waals surface area contributed by atoms with Crippen molar-refractivity contribution in [1.29, 1.82) is 0 Å². The monoisotopic (exact) mass is 249 g/mol. The first kappa shape index (κ1) is 11.9. The van der Waals surface area contributed by atoms with Gasteiger partial charge in [-0.2, -0.15) is 0 Å². The van der Waals surface area contributed by atoms with Crippen LogP contribution in [0.1, 0.15) is 42.4 Å². The number of hydrogen-bond acceptors (Lipinski definition) is 5. The molecule has 1 aliphatic heterocycles. The van der Waals surface area contributed by atoms with E-state index in [1.165, 1.54) is 19.3 Å². The van der Waals surface area contributed by atoms with E-state index in [0.717, 1.165) is 24.1 Å². The maximum atomic E-state index is 6.07. The highest BCUT2D eigenvalue weighted by molar-refractivity contribution is 5.43. The number of nitrogens with zero attached hydrogens (tertiary/aromatic N) is 2. The minimum Gasteiger partial charge on any atom is -0.383 e. The molecule has 3 rings (SSSR count). The molecule has 5 heteroatoms. The lowest BCUT2D eigenvalue weighted by molar-refractivity contribution is -0.0935. The summed E-state index contributed by atoms with van der Waals surface area (Å²) in [5.74, 6) is 1.32. The van der Waals surface area contributed by atoms with Gasteiger partial charge in [-0.25, -0.2) is 9.97 Å². The number of rotatable bonds is 1. The van der Waals surface area contributed by atoms with E-state index >= 15 is 0 Å². The maximum Gasteiger partial charge on any atom is 0.162 e. The summed E-state index contributed by atoms with van der Waals surface area (Å²) in [5.41, 5.74) is 8.33. The average Bonchev–Trinajstić information content (AvgIpc) is 2.65. The molecule has 1 aromatic rings. The highest BCUT2D eigenvalue weighted by Gasteiger charge is 2.23. The molecule has 0 spiro atoms. The molecule has 1 atom stereocenters. The molecule has 18 heavy (non-hydrogen) atoms. The van der Waals surface area contributed by atoms with Crippen LogP contribution in [-0.2, 0) is 22.3 Å². The topological polar surface area (TPSA) is 70.3 Å². The fraction of sp³-hybridized carbons (Fsp3) is 0.692. The lowest BCUT2D eigenvalue weighted by Crippen LogP contribution is -2.24. The Morgan fingerprint density at radius 3 is 2.78 bits per heavy atom. The van der Waals surface area contributed by atoms with E-state index < -0.39 is 0 Å². The third-order valence-electron chi connectivity index (χ3n) is 3.59. The molecule has 0 aromatic carbocycles. The second kappa shape index (κ2) is 5.20. The second-order valence-corrected chi connectivity index (χ2v) is 4.89. The Balaban J connectivity index is 1.91. The first-order valence-corrected chi connectivity index (χ1v) is 6.69. The normalized spacial score (nSPS) is 24.3. The fourth-order valence-electron chi connectivity index (χ4n) is 2.60. The summed E-state index contributed by atoms with van der Waals surface area (Å²) >= 11 is 0. The fourth-order valence-corrected chi connectivity index (χ4v) is 2.60. The van der Waals surface area contributed by atoms with Gasteiger partial charge in [-0.3, -0.25) is 0 Å². The van der Waals surface area contributed by atoms with Gasteiger partial charge in [-0.1, -0.05) is 6.42 Å². The molecule has 1 saturated heterocycles. The molecule has 5 nitrogen and oxygen atoms in total. The minimum atomic E-state index is -0.158. The number of ether oxygens (including phenoxy) is 2. The van der Waals surface area contributed by atoms with Crippen molar-refractivity contribution < 1.29 is 9.47 Å². The van der Waals surface area contributed by atoms with E-state index in [4.69, 9.17) is 15.2 Å². The van der Waals surface area contributed by atoms with E-state index in [9.17, 15) is 0 Å². The second-order valence-electron chi connectivity index (χ2n) is 4.89. The van der Waals surface area contributed by atoms with Crippen molar-refractivity contribution in [1.82, 2.24) is 9.97 Å². The zero-order valence-electron chi connectivity index (χ0n) is 10.5. The van der Waals surface area contributed by atoms with E-state index in [0.29, 0.717) is 31.5 Å². The molecule has 0 radical (unpaired) electrons. The Hall–Kier alpha value is -1.20. The molecule has 0 saturated carbocycles. The summed E-state index contributed by atoms with van der Waals surface area (Å²) < 4.78 is 11.0. The molecule has 1 aromatic heterocycles. The third-order valence-corrected chi connectivity index (χ3v) is 3.59. The summed E-state index contributed by atoms with van der Waals surface area (Å²) in [6, 6.07) is 0. The molecular formula is C13H19N3O2. The summed E-state index contributed by atoms with van der Waals surface area (Å²) in [5, 5.41) is 0. The van der Waals surface area contributed by atoms with E-state index in [1.54, 1.807) is 0 Å². The molecule has 1 aliphatic carbocycles. The van der Waals surface area contributed by atoms with Gasteiger partial charge in [0.2, 0.25) is 0 Å². The van der Waals surface area contributed by atoms with Crippen molar-refractivity contribution in [2.75, 3.05) is 25.6 Å². The van der Waals surface area contributed by atoms with Crippen molar-refractivity contribution in [3.05, 3.63) is 17.1 Å². The largest absolute Gasteiger partial charge is 0.383 e. The van der Waals surface area contributed by atoms with E-state index in [2.05, 4.69) is 9.97 Å². The summed E-state index contributed by atoms with van der Waals surface area (Å²) in [6.07, 6.45) is 5.46. The Morgan fingerprint density at radius 1 is 1.06 bits per heavy atom. The van der Waals surface area contributed by atoms with Crippen molar-refractivity contribution in [3.63, 3.8) is 0 Å². The van der Waals surface area contributed by atoms with Crippen LogP contribution in [0.2, 0.25) is 0 Å². The lowest BCUT2D eigenvalue weighted by Gasteiger charge is -2.22. The summed E-state index contributed by atoms with van der Waals surface area (Å²) in [4.78, 5) is 9.08. The highest BCUT2D eigenvalue weighted by atomic mass is 16.6. The predicted octanol–water partition coefficient (Wildman–Crippen LogP) is 1.42. The Bertz CT molecular complexity index is 430. The minimum absolute atomic E-state index is 0.158. The van der Waals surface area contributed by atoms with Crippen LogP contribution in [0.4, 0.5) is 5.82 Å². The highest BCUT2D eigenvalue weighted by Crippen LogP contribution is 2.26. The van der Waals surface area contributed by atoms with Gasteiger partial charge in [-0.05, 0) is 25.7 Å². The number of nitrogen functional groups attached to an aromatic ring is 1. The van der Waals surface area contributed by atoms with Gasteiger partial charge in [0, 0.05) is 11.3 Å².